The largest absolute Gasteiger partial charge is 0.399 e. The van der Waals surface area contributed by atoms with Gasteiger partial charge in [0.15, 0.2) is 0 Å². The monoisotopic (exact) mass is 208 g/mol. The smallest absolute Gasteiger partial charge is 0.251 e. The van der Waals surface area contributed by atoms with E-state index in [2.05, 4.69) is 5.32 Å². The van der Waals surface area contributed by atoms with Crippen molar-refractivity contribution >= 4 is 11.6 Å². The average molecular weight is 208 g/mol. The molecule has 0 aromatic heterocycles. The number of benzene rings is 1. The van der Waals surface area contributed by atoms with Crippen LogP contribution >= 0.6 is 0 Å². The Morgan fingerprint density at radius 3 is 2.87 bits per heavy atom. The van der Waals surface area contributed by atoms with E-state index in [9.17, 15) is 4.79 Å². The van der Waals surface area contributed by atoms with Crippen molar-refractivity contribution in [3.05, 3.63) is 29.8 Å². The Labute approximate surface area is 89.1 Å². The first-order chi connectivity index (χ1) is 7.17. The predicted octanol–water partition coefficient (Wildman–Crippen LogP) is 0.770. The van der Waals surface area contributed by atoms with Gasteiger partial charge in [-0.05, 0) is 24.6 Å². The molecule has 0 aliphatic carbocycles. The van der Waals surface area contributed by atoms with Crippen molar-refractivity contribution in [3.63, 3.8) is 0 Å². The Balaban J connectivity index is 2.68. The van der Waals surface area contributed by atoms with Crippen molar-refractivity contribution in [2.75, 3.05) is 12.3 Å². The zero-order valence-corrected chi connectivity index (χ0v) is 8.73. The van der Waals surface area contributed by atoms with Crippen molar-refractivity contribution in [3.8, 4) is 0 Å². The molecule has 1 rings (SSSR count). The fourth-order valence-electron chi connectivity index (χ4n) is 1.23. The number of amides is 1. The summed E-state index contributed by atoms with van der Waals surface area (Å²) in [4.78, 5) is 11.6. The van der Waals surface area contributed by atoms with E-state index in [1.807, 2.05) is 6.92 Å². The van der Waals surface area contributed by atoms with Crippen LogP contribution in [0.5, 0.6) is 0 Å². The lowest BCUT2D eigenvalue weighted by molar-refractivity contribution is 0.0915. The zero-order valence-electron chi connectivity index (χ0n) is 8.73. The Morgan fingerprint density at radius 1 is 1.60 bits per heavy atom. The lowest BCUT2D eigenvalue weighted by Gasteiger charge is -2.13. The molecule has 0 saturated carbocycles. The summed E-state index contributed by atoms with van der Waals surface area (Å²) in [6, 6.07) is 6.55. The molecule has 1 amide bonds. The highest BCUT2D eigenvalue weighted by Crippen LogP contribution is 2.06. The van der Waals surface area contributed by atoms with Crippen LogP contribution in [0.25, 0.3) is 0 Å². The number of aliphatic hydroxyl groups excluding tert-OH is 1. The number of hydrogen-bond acceptors (Lipinski definition) is 3. The number of nitrogens with one attached hydrogen (secondary N) is 1. The van der Waals surface area contributed by atoms with Crippen LogP contribution in [-0.2, 0) is 0 Å². The average Bonchev–Trinajstić information content (AvgIpc) is 2.25. The van der Waals surface area contributed by atoms with Gasteiger partial charge in [0.25, 0.3) is 5.91 Å². The fraction of sp³-hybridized carbons (Fsp3) is 0.364. The number of anilines is 1. The minimum Gasteiger partial charge on any atom is -0.399 e. The molecule has 0 bridgehead atoms. The molecular formula is C11H16N2O2. The Kier molecular flexibility index (Phi) is 4.12. The fourth-order valence-corrected chi connectivity index (χ4v) is 1.23. The number of hydrogen-bond donors (Lipinski definition) is 3. The molecule has 1 aromatic rings. The molecular weight excluding hydrogens is 192 g/mol. The van der Waals surface area contributed by atoms with Crippen LogP contribution in [0.15, 0.2) is 24.3 Å². The molecule has 0 unspecified atom stereocenters. The van der Waals surface area contributed by atoms with Gasteiger partial charge in [0.05, 0.1) is 12.6 Å². The maximum Gasteiger partial charge on any atom is 0.251 e. The number of carbonyl (C=O) groups is 1. The Hall–Kier alpha value is -1.55. The molecule has 4 nitrogen and oxygen atoms in total. The topological polar surface area (TPSA) is 75.3 Å². The number of nitrogens with two attached hydrogens (primary N) is 1. The standard InChI is InChI=1S/C11H16N2O2/c1-2-10(7-14)13-11(15)8-4-3-5-9(12)6-8/h3-6,10,14H,2,7,12H2,1H3,(H,13,15)/t10-/m1/s1. The maximum atomic E-state index is 11.6. The molecule has 82 valence electrons. The lowest BCUT2D eigenvalue weighted by Crippen LogP contribution is -2.36. The SMILES string of the molecule is CC[C@H](CO)NC(=O)c1cccc(N)c1. The molecule has 0 radical (unpaired) electrons. The summed E-state index contributed by atoms with van der Waals surface area (Å²) in [7, 11) is 0. The summed E-state index contributed by atoms with van der Waals surface area (Å²) in [6.07, 6.45) is 0.699. The lowest BCUT2D eigenvalue weighted by atomic mass is 10.1. The molecule has 0 aliphatic rings. The summed E-state index contributed by atoms with van der Waals surface area (Å²) >= 11 is 0. The van der Waals surface area contributed by atoms with Crippen molar-refractivity contribution in [2.45, 2.75) is 19.4 Å². The molecule has 0 heterocycles. The molecule has 4 heteroatoms. The summed E-state index contributed by atoms with van der Waals surface area (Å²) in [6.45, 7) is 1.85. The van der Waals surface area contributed by atoms with Gasteiger partial charge < -0.3 is 16.2 Å². The van der Waals surface area contributed by atoms with Gasteiger partial charge in [0, 0.05) is 11.3 Å². The van der Waals surface area contributed by atoms with Crippen LogP contribution in [0.1, 0.15) is 23.7 Å². The summed E-state index contributed by atoms with van der Waals surface area (Å²) in [5.41, 5.74) is 6.63. The van der Waals surface area contributed by atoms with Gasteiger partial charge >= 0.3 is 0 Å². The second kappa shape index (κ2) is 5.36. The van der Waals surface area contributed by atoms with E-state index < -0.39 is 0 Å². The summed E-state index contributed by atoms with van der Waals surface area (Å²) in [5.74, 6) is -0.205. The number of rotatable bonds is 4. The third-order valence-corrected chi connectivity index (χ3v) is 2.20. The third-order valence-electron chi connectivity index (χ3n) is 2.20. The second-order valence-corrected chi connectivity index (χ2v) is 3.39. The van der Waals surface area contributed by atoms with Crippen LogP contribution in [0, 0.1) is 0 Å². The first-order valence-corrected chi connectivity index (χ1v) is 4.94. The van der Waals surface area contributed by atoms with Crippen molar-refractivity contribution < 1.29 is 9.90 Å². The van der Waals surface area contributed by atoms with Crippen LogP contribution < -0.4 is 11.1 Å². The molecule has 15 heavy (non-hydrogen) atoms. The van der Waals surface area contributed by atoms with Crippen molar-refractivity contribution in [1.29, 1.82) is 0 Å². The van der Waals surface area contributed by atoms with Crippen molar-refractivity contribution in [1.82, 2.24) is 5.32 Å². The van der Waals surface area contributed by atoms with Gasteiger partial charge in [-0.3, -0.25) is 4.79 Å². The van der Waals surface area contributed by atoms with Gasteiger partial charge in [-0.2, -0.15) is 0 Å². The summed E-state index contributed by atoms with van der Waals surface area (Å²) in [5, 5.41) is 11.7. The van der Waals surface area contributed by atoms with E-state index in [0.717, 1.165) is 0 Å². The highest BCUT2D eigenvalue weighted by atomic mass is 16.3. The highest BCUT2D eigenvalue weighted by Gasteiger charge is 2.10. The van der Waals surface area contributed by atoms with Gasteiger partial charge in [0.2, 0.25) is 0 Å². The van der Waals surface area contributed by atoms with E-state index in [1.54, 1.807) is 24.3 Å². The number of nitrogen functional groups attached to an aromatic ring is 1. The Morgan fingerprint density at radius 2 is 2.33 bits per heavy atom. The second-order valence-electron chi connectivity index (χ2n) is 3.39. The van der Waals surface area contributed by atoms with Crippen LogP contribution in [0.4, 0.5) is 5.69 Å². The summed E-state index contributed by atoms with van der Waals surface area (Å²) < 4.78 is 0. The number of aliphatic hydroxyl groups is 1. The minimum atomic E-state index is -0.205. The van der Waals surface area contributed by atoms with E-state index in [-0.39, 0.29) is 18.6 Å². The molecule has 1 aromatic carbocycles. The van der Waals surface area contributed by atoms with E-state index in [0.29, 0.717) is 17.7 Å². The van der Waals surface area contributed by atoms with Gasteiger partial charge in [-0.25, -0.2) is 0 Å². The zero-order chi connectivity index (χ0) is 11.3. The normalized spacial score (nSPS) is 12.1. The quantitative estimate of drug-likeness (QED) is 0.640. The van der Waals surface area contributed by atoms with Crippen molar-refractivity contribution in [2.24, 2.45) is 0 Å². The van der Waals surface area contributed by atoms with Crippen LogP contribution in [0.2, 0.25) is 0 Å². The molecule has 0 saturated heterocycles. The number of carbonyl (C=O) groups excluding carboxylic acids is 1. The molecule has 1 atom stereocenters. The predicted molar refractivity (Wildman–Crippen MR) is 59.5 cm³/mol. The molecule has 0 fully saturated rings. The Bertz CT molecular complexity index is 335. The van der Waals surface area contributed by atoms with E-state index >= 15 is 0 Å². The van der Waals surface area contributed by atoms with Gasteiger partial charge in [0.1, 0.15) is 0 Å². The van der Waals surface area contributed by atoms with E-state index in [1.165, 1.54) is 0 Å². The van der Waals surface area contributed by atoms with Crippen LogP contribution in [-0.4, -0.2) is 23.7 Å². The molecule has 4 N–H and O–H groups in total. The third kappa shape index (κ3) is 3.25. The molecule has 0 spiro atoms. The van der Waals surface area contributed by atoms with E-state index in [4.69, 9.17) is 10.8 Å². The van der Waals surface area contributed by atoms with Gasteiger partial charge in [-0.15, -0.1) is 0 Å². The maximum absolute atomic E-state index is 11.6. The highest BCUT2D eigenvalue weighted by molar-refractivity contribution is 5.95. The molecule has 0 aliphatic heterocycles. The first kappa shape index (κ1) is 11.5. The first-order valence-electron chi connectivity index (χ1n) is 4.94. The van der Waals surface area contributed by atoms with Gasteiger partial charge in [-0.1, -0.05) is 13.0 Å². The van der Waals surface area contributed by atoms with Crippen LogP contribution in [0.3, 0.4) is 0 Å². The minimum absolute atomic E-state index is 0.0510.